The van der Waals surface area contributed by atoms with Crippen LogP contribution in [0.5, 0.6) is 5.75 Å². The molecule has 1 atom stereocenters. The van der Waals surface area contributed by atoms with Crippen LogP contribution in [0.15, 0.2) is 42.5 Å². The number of halogens is 2. The maximum Gasteiger partial charge on any atom is 0.119 e. The number of rotatable bonds is 5. The van der Waals surface area contributed by atoms with E-state index in [2.05, 4.69) is 6.92 Å². The second-order valence-corrected chi connectivity index (χ2v) is 5.47. The minimum Gasteiger partial charge on any atom is -0.494 e. The van der Waals surface area contributed by atoms with Gasteiger partial charge < -0.3 is 10.5 Å². The van der Waals surface area contributed by atoms with Crippen LogP contribution in [0, 0.1) is 0 Å². The lowest BCUT2D eigenvalue weighted by Crippen LogP contribution is -2.11. The van der Waals surface area contributed by atoms with Gasteiger partial charge in [-0.1, -0.05) is 42.3 Å². The normalized spacial score (nSPS) is 12.2. The van der Waals surface area contributed by atoms with Gasteiger partial charge in [0.15, 0.2) is 0 Å². The highest BCUT2D eigenvalue weighted by Crippen LogP contribution is 2.27. The predicted octanol–water partition coefficient (Wildman–Crippen LogP) is 4.83. The molecule has 0 heterocycles. The zero-order valence-corrected chi connectivity index (χ0v) is 12.8. The molecule has 0 aliphatic heterocycles. The Hall–Kier alpha value is -1.22. The second kappa shape index (κ2) is 6.98. The van der Waals surface area contributed by atoms with Crippen molar-refractivity contribution in [2.24, 2.45) is 5.73 Å². The van der Waals surface area contributed by atoms with Gasteiger partial charge in [0.25, 0.3) is 0 Å². The van der Waals surface area contributed by atoms with Gasteiger partial charge in [-0.2, -0.15) is 0 Å². The van der Waals surface area contributed by atoms with E-state index in [1.54, 1.807) is 6.07 Å². The lowest BCUT2D eigenvalue weighted by Gasteiger charge is -2.14. The Labute approximate surface area is 129 Å². The molecule has 106 valence electrons. The summed E-state index contributed by atoms with van der Waals surface area (Å²) in [7, 11) is 0. The molecule has 4 heteroatoms. The zero-order valence-electron chi connectivity index (χ0n) is 11.3. The summed E-state index contributed by atoms with van der Waals surface area (Å²) in [5, 5.41) is 1.18. The maximum absolute atomic E-state index is 6.25. The fraction of sp³-hybridized carbons (Fsp3) is 0.250. The van der Waals surface area contributed by atoms with E-state index >= 15 is 0 Å². The van der Waals surface area contributed by atoms with E-state index in [9.17, 15) is 0 Å². The fourth-order valence-electron chi connectivity index (χ4n) is 1.94. The summed E-state index contributed by atoms with van der Waals surface area (Å²) in [5.41, 5.74) is 8.13. The monoisotopic (exact) mass is 309 g/mol. The highest BCUT2D eigenvalue weighted by Gasteiger charge is 2.10. The van der Waals surface area contributed by atoms with Gasteiger partial charge in [0.2, 0.25) is 0 Å². The molecule has 0 saturated heterocycles. The van der Waals surface area contributed by atoms with E-state index in [0.29, 0.717) is 10.0 Å². The molecule has 0 aromatic heterocycles. The van der Waals surface area contributed by atoms with Crippen molar-refractivity contribution in [2.45, 2.75) is 19.4 Å². The third-order valence-corrected chi connectivity index (χ3v) is 3.39. The van der Waals surface area contributed by atoms with Gasteiger partial charge in [-0.25, -0.2) is 0 Å². The Morgan fingerprint density at radius 2 is 1.60 bits per heavy atom. The lowest BCUT2D eigenvalue weighted by atomic mass is 10.00. The summed E-state index contributed by atoms with van der Waals surface area (Å²) in [6, 6.07) is 12.9. The minimum atomic E-state index is -0.258. The number of nitrogens with two attached hydrogens (primary N) is 1. The first-order valence-corrected chi connectivity index (χ1v) is 7.30. The van der Waals surface area contributed by atoms with Gasteiger partial charge in [0.05, 0.1) is 12.6 Å². The summed E-state index contributed by atoms with van der Waals surface area (Å²) in [5.74, 6) is 0.854. The maximum atomic E-state index is 6.25. The van der Waals surface area contributed by atoms with Crippen molar-refractivity contribution in [1.82, 2.24) is 0 Å². The Balaban J connectivity index is 2.17. The molecule has 0 saturated carbocycles. The molecule has 0 spiro atoms. The van der Waals surface area contributed by atoms with E-state index in [-0.39, 0.29) is 6.04 Å². The first-order valence-electron chi connectivity index (χ1n) is 6.54. The van der Waals surface area contributed by atoms with Gasteiger partial charge in [0, 0.05) is 10.0 Å². The molecule has 0 radical (unpaired) electrons. The van der Waals surface area contributed by atoms with Gasteiger partial charge in [0.1, 0.15) is 5.75 Å². The van der Waals surface area contributed by atoms with Crippen molar-refractivity contribution in [3.8, 4) is 5.75 Å². The van der Waals surface area contributed by atoms with E-state index in [4.69, 9.17) is 33.7 Å². The number of hydrogen-bond donors (Lipinski definition) is 1. The first kappa shape index (κ1) is 15.2. The molecular weight excluding hydrogens is 293 g/mol. The molecule has 2 aromatic carbocycles. The Morgan fingerprint density at radius 3 is 2.15 bits per heavy atom. The minimum absolute atomic E-state index is 0.258. The van der Waals surface area contributed by atoms with Gasteiger partial charge in [-0.15, -0.1) is 0 Å². The SMILES string of the molecule is CCCOc1ccc(C(N)c2cc(Cl)cc(Cl)c2)cc1. The van der Waals surface area contributed by atoms with Crippen LogP contribution in [0.1, 0.15) is 30.5 Å². The van der Waals surface area contributed by atoms with E-state index in [1.165, 1.54) is 0 Å². The quantitative estimate of drug-likeness (QED) is 0.858. The molecule has 20 heavy (non-hydrogen) atoms. The molecule has 2 aromatic rings. The smallest absolute Gasteiger partial charge is 0.119 e. The van der Waals surface area contributed by atoms with Crippen LogP contribution in [0.25, 0.3) is 0 Å². The molecule has 0 aliphatic rings. The molecular formula is C16H17Cl2NO. The lowest BCUT2D eigenvalue weighted by molar-refractivity contribution is 0.317. The van der Waals surface area contributed by atoms with Crippen LogP contribution in [0.4, 0.5) is 0 Å². The van der Waals surface area contributed by atoms with Crippen LogP contribution in [0.2, 0.25) is 10.0 Å². The highest BCUT2D eigenvalue weighted by molar-refractivity contribution is 6.34. The van der Waals surface area contributed by atoms with E-state index in [0.717, 1.165) is 29.9 Å². The van der Waals surface area contributed by atoms with Crippen molar-refractivity contribution in [3.63, 3.8) is 0 Å². The average Bonchev–Trinajstić information content (AvgIpc) is 2.44. The van der Waals surface area contributed by atoms with Gasteiger partial charge >= 0.3 is 0 Å². The summed E-state index contributed by atoms with van der Waals surface area (Å²) >= 11 is 12.0. The average molecular weight is 310 g/mol. The van der Waals surface area contributed by atoms with Gasteiger partial charge in [-0.05, 0) is 47.9 Å². The topological polar surface area (TPSA) is 35.2 Å². The largest absolute Gasteiger partial charge is 0.494 e. The van der Waals surface area contributed by atoms with Crippen LogP contribution >= 0.6 is 23.2 Å². The van der Waals surface area contributed by atoms with Crippen LogP contribution in [-0.4, -0.2) is 6.61 Å². The standard InChI is InChI=1S/C16H17Cl2NO/c1-2-7-20-15-5-3-11(4-6-15)16(19)12-8-13(17)10-14(18)9-12/h3-6,8-10,16H,2,7,19H2,1H3. The number of ether oxygens (including phenoxy) is 1. The van der Waals surface area contributed by atoms with Crippen molar-refractivity contribution < 1.29 is 4.74 Å². The Bertz CT molecular complexity index is 549. The molecule has 2 N–H and O–H groups in total. The summed E-state index contributed by atoms with van der Waals surface area (Å²) in [6.07, 6.45) is 0.988. The molecule has 0 bridgehead atoms. The zero-order chi connectivity index (χ0) is 14.5. The highest BCUT2D eigenvalue weighted by atomic mass is 35.5. The first-order chi connectivity index (χ1) is 9.60. The molecule has 0 amide bonds. The number of benzene rings is 2. The molecule has 2 nitrogen and oxygen atoms in total. The van der Waals surface area contributed by atoms with Crippen molar-refractivity contribution in [2.75, 3.05) is 6.61 Å². The Morgan fingerprint density at radius 1 is 1.00 bits per heavy atom. The van der Waals surface area contributed by atoms with E-state index < -0.39 is 0 Å². The van der Waals surface area contributed by atoms with Crippen molar-refractivity contribution in [1.29, 1.82) is 0 Å². The third-order valence-electron chi connectivity index (χ3n) is 2.96. The molecule has 1 unspecified atom stereocenters. The fourth-order valence-corrected chi connectivity index (χ4v) is 2.48. The second-order valence-electron chi connectivity index (χ2n) is 4.60. The molecule has 0 aliphatic carbocycles. The van der Waals surface area contributed by atoms with Crippen molar-refractivity contribution >= 4 is 23.2 Å². The van der Waals surface area contributed by atoms with Crippen LogP contribution in [-0.2, 0) is 0 Å². The Kier molecular flexibility index (Phi) is 5.30. The predicted molar refractivity (Wildman–Crippen MR) is 84.7 cm³/mol. The van der Waals surface area contributed by atoms with Crippen LogP contribution < -0.4 is 10.5 Å². The molecule has 2 rings (SSSR count). The number of hydrogen-bond acceptors (Lipinski definition) is 2. The summed E-state index contributed by atoms with van der Waals surface area (Å²) < 4.78 is 5.55. The van der Waals surface area contributed by atoms with Crippen LogP contribution in [0.3, 0.4) is 0 Å². The third kappa shape index (κ3) is 3.89. The summed E-state index contributed by atoms with van der Waals surface area (Å²) in [4.78, 5) is 0. The van der Waals surface area contributed by atoms with E-state index in [1.807, 2.05) is 36.4 Å². The van der Waals surface area contributed by atoms with Crippen molar-refractivity contribution in [3.05, 3.63) is 63.6 Å². The molecule has 0 fully saturated rings. The van der Waals surface area contributed by atoms with Gasteiger partial charge in [-0.3, -0.25) is 0 Å². The summed E-state index contributed by atoms with van der Waals surface area (Å²) in [6.45, 7) is 2.79.